The lowest BCUT2D eigenvalue weighted by Gasteiger charge is -2.38. The van der Waals surface area contributed by atoms with E-state index in [4.69, 9.17) is 0 Å². The van der Waals surface area contributed by atoms with E-state index in [0.29, 0.717) is 23.4 Å². The van der Waals surface area contributed by atoms with Gasteiger partial charge in [0.25, 0.3) is 0 Å². The van der Waals surface area contributed by atoms with Gasteiger partial charge >= 0.3 is 0 Å². The van der Waals surface area contributed by atoms with E-state index in [1.165, 1.54) is 25.7 Å². The van der Waals surface area contributed by atoms with Crippen LogP contribution in [0.15, 0.2) is 33.6 Å². The van der Waals surface area contributed by atoms with Gasteiger partial charge in [-0.1, -0.05) is 28.8 Å². The maximum Gasteiger partial charge on any atom is 0.243 e. The van der Waals surface area contributed by atoms with E-state index in [1.807, 2.05) is 0 Å². The minimum Gasteiger partial charge on any atom is -0.207 e. The molecule has 0 radical (unpaired) electrons. The van der Waals surface area contributed by atoms with Crippen LogP contribution >= 0.6 is 15.9 Å². The predicted octanol–water partition coefficient (Wildman–Crippen LogP) is 3.79. The van der Waals surface area contributed by atoms with Gasteiger partial charge in [0.15, 0.2) is 0 Å². The van der Waals surface area contributed by atoms with Crippen LogP contribution in [0, 0.1) is 5.41 Å². The van der Waals surface area contributed by atoms with Crippen molar-refractivity contribution in [1.82, 2.24) is 4.31 Å². The van der Waals surface area contributed by atoms with Crippen molar-refractivity contribution in [3.63, 3.8) is 0 Å². The largest absolute Gasteiger partial charge is 0.243 e. The second kappa shape index (κ2) is 5.43. The van der Waals surface area contributed by atoms with Gasteiger partial charge in [0.1, 0.15) is 0 Å². The Hall–Kier alpha value is -0.390. The van der Waals surface area contributed by atoms with Crippen LogP contribution in [0.4, 0.5) is 0 Å². The van der Waals surface area contributed by atoms with Gasteiger partial charge < -0.3 is 0 Å². The highest BCUT2D eigenvalue weighted by Crippen LogP contribution is 2.46. The number of rotatable bonds is 2. The van der Waals surface area contributed by atoms with Crippen LogP contribution in [0.25, 0.3) is 0 Å². The van der Waals surface area contributed by atoms with Gasteiger partial charge in [-0.15, -0.1) is 0 Å². The van der Waals surface area contributed by atoms with Crippen molar-refractivity contribution >= 4 is 26.0 Å². The zero-order valence-electron chi connectivity index (χ0n) is 11.5. The second-order valence-electron chi connectivity index (χ2n) is 6.07. The molecule has 2 aliphatic rings. The summed E-state index contributed by atoms with van der Waals surface area (Å²) in [5, 5.41) is 0. The van der Waals surface area contributed by atoms with Crippen molar-refractivity contribution in [3.05, 3.63) is 28.7 Å². The molecule has 110 valence electrons. The van der Waals surface area contributed by atoms with E-state index in [9.17, 15) is 8.42 Å². The molecule has 1 saturated heterocycles. The first-order valence-corrected chi connectivity index (χ1v) is 9.51. The first-order chi connectivity index (χ1) is 9.52. The lowest BCUT2D eigenvalue weighted by Crippen LogP contribution is -2.42. The third-order valence-electron chi connectivity index (χ3n) is 4.90. The molecule has 1 saturated carbocycles. The Morgan fingerprint density at radius 1 is 0.950 bits per heavy atom. The lowest BCUT2D eigenvalue weighted by molar-refractivity contribution is 0.160. The minimum atomic E-state index is -3.31. The number of nitrogens with zero attached hydrogens (tertiary/aromatic N) is 1. The van der Waals surface area contributed by atoms with Crippen LogP contribution in [-0.2, 0) is 10.0 Å². The van der Waals surface area contributed by atoms with Crippen LogP contribution in [0.3, 0.4) is 0 Å². The van der Waals surface area contributed by atoms with E-state index in [2.05, 4.69) is 15.9 Å². The molecule has 0 aromatic heterocycles. The molecule has 1 aliphatic heterocycles. The molecule has 1 aromatic carbocycles. The lowest BCUT2D eigenvalue weighted by atomic mass is 9.78. The summed E-state index contributed by atoms with van der Waals surface area (Å²) in [5.41, 5.74) is 0.450. The number of sulfonamides is 1. The highest BCUT2D eigenvalue weighted by atomic mass is 79.9. The molecule has 0 atom stereocenters. The molecule has 0 N–H and O–H groups in total. The number of piperidine rings is 1. The summed E-state index contributed by atoms with van der Waals surface area (Å²) in [4.78, 5) is 0.406. The van der Waals surface area contributed by atoms with E-state index < -0.39 is 10.0 Å². The topological polar surface area (TPSA) is 37.4 Å². The molecule has 5 heteroatoms. The molecule has 1 aromatic rings. The second-order valence-corrected chi connectivity index (χ2v) is 8.92. The molecule has 0 amide bonds. The average molecular weight is 358 g/mol. The number of benzene rings is 1. The van der Waals surface area contributed by atoms with Crippen LogP contribution in [0.2, 0.25) is 0 Å². The Labute approximate surface area is 129 Å². The molecular formula is C15H20BrNO2S. The molecule has 1 spiro atoms. The highest BCUT2D eigenvalue weighted by Gasteiger charge is 2.39. The summed E-state index contributed by atoms with van der Waals surface area (Å²) in [5.74, 6) is 0. The van der Waals surface area contributed by atoms with E-state index >= 15 is 0 Å². The molecule has 20 heavy (non-hydrogen) atoms. The highest BCUT2D eigenvalue weighted by molar-refractivity contribution is 9.10. The van der Waals surface area contributed by atoms with Crippen LogP contribution in [0.1, 0.15) is 38.5 Å². The van der Waals surface area contributed by atoms with Crippen molar-refractivity contribution in [1.29, 1.82) is 0 Å². The Kier molecular flexibility index (Phi) is 3.95. The van der Waals surface area contributed by atoms with Gasteiger partial charge in [-0.3, -0.25) is 0 Å². The van der Waals surface area contributed by atoms with Gasteiger partial charge in [-0.2, -0.15) is 4.31 Å². The summed E-state index contributed by atoms with van der Waals surface area (Å²) in [7, 11) is -3.31. The summed E-state index contributed by atoms with van der Waals surface area (Å²) in [6.07, 6.45) is 7.28. The van der Waals surface area contributed by atoms with Crippen molar-refractivity contribution in [2.24, 2.45) is 5.41 Å². The summed E-state index contributed by atoms with van der Waals surface area (Å²) < 4.78 is 27.8. The third kappa shape index (κ3) is 2.68. The van der Waals surface area contributed by atoms with Crippen LogP contribution in [0.5, 0.6) is 0 Å². The first kappa shape index (κ1) is 14.5. The molecule has 3 nitrogen and oxygen atoms in total. The number of hydrogen-bond donors (Lipinski definition) is 0. The maximum absolute atomic E-state index is 12.6. The Morgan fingerprint density at radius 3 is 2.05 bits per heavy atom. The maximum atomic E-state index is 12.6. The van der Waals surface area contributed by atoms with E-state index in [0.717, 1.165) is 17.3 Å². The zero-order chi connectivity index (χ0) is 14.2. The molecule has 3 rings (SSSR count). The fraction of sp³-hybridized carbons (Fsp3) is 0.600. The minimum absolute atomic E-state index is 0.406. The molecule has 0 unspecified atom stereocenters. The number of halogens is 1. The van der Waals surface area contributed by atoms with Crippen molar-refractivity contribution in [2.75, 3.05) is 13.1 Å². The van der Waals surface area contributed by atoms with Gasteiger partial charge in [0, 0.05) is 17.6 Å². The quantitative estimate of drug-likeness (QED) is 0.807. The van der Waals surface area contributed by atoms with Crippen molar-refractivity contribution < 1.29 is 8.42 Å². The Balaban J connectivity index is 1.75. The standard InChI is InChI=1S/C15H20BrNO2S/c16-13-3-5-14(6-4-13)20(18,19)17-11-9-15(10-12-17)7-1-2-8-15/h3-6H,1-2,7-12H2. The normalized spacial score (nSPS) is 23.2. The molecule has 0 bridgehead atoms. The number of hydrogen-bond acceptors (Lipinski definition) is 2. The van der Waals surface area contributed by atoms with Gasteiger partial charge in [0.05, 0.1) is 4.90 Å². The Bertz CT molecular complexity index is 566. The summed E-state index contributed by atoms with van der Waals surface area (Å²) in [6, 6.07) is 6.93. The fourth-order valence-electron chi connectivity index (χ4n) is 3.58. The van der Waals surface area contributed by atoms with E-state index in [-0.39, 0.29) is 0 Å². The first-order valence-electron chi connectivity index (χ1n) is 7.28. The van der Waals surface area contributed by atoms with Crippen molar-refractivity contribution in [3.8, 4) is 0 Å². The molecule has 1 aliphatic carbocycles. The molecular weight excluding hydrogens is 338 g/mol. The smallest absolute Gasteiger partial charge is 0.207 e. The van der Waals surface area contributed by atoms with Gasteiger partial charge in [-0.05, 0) is 55.4 Å². The third-order valence-corrected chi connectivity index (χ3v) is 7.34. The van der Waals surface area contributed by atoms with Gasteiger partial charge in [-0.25, -0.2) is 8.42 Å². The summed E-state index contributed by atoms with van der Waals surface area (Å²) in [6.45, 7) is 1.36. The SMILES string of the molecule is O=S(=O)(c1ccc(Br)cc1)N1CCC2(CCCC2)CC1. The molecule has 1 heterocycles. The molecule has 2 fully saturated rings. The van der Waals surface area contributed by atoms with E-state index in [1.54, 1.807) is 28.6 Å². The van der Waals surface area contributed by atoms with Crippen molar-refractivity contribution in [2.45, 2.75) is 43.4 Å². The summed E-state index contributed by atoms with van der Waals surface area (Å²) >= 11 is 3.34. The van der Waals surface area contributed by atoms with Gasteiger partial charge in [0.2, 0.25) is 10.0 Å². The average Bonchev–Trinajstić information content (AvgIpc) is 2.88. The Morgan fingerprint density at radius 2 is 1.50 bits per heavy atom. The van der Waals surface area contributed by atoms with Crippen LogP contribution in [-0.4, -0.2) is 25.8 Å². The zero-order valence-corrected chi connectivity index (χ0v) is 13.9. The monoisotopic (exact) mass is 357 g/mol. The predicted molar refractivity (Wildman–Crippen MR) is 83.0 cm³/mol. The fourth-order valence-corrected chi connectivity index (χ4v) is 5.29. The van der Waals surface area contributed by atoms with Crippen LogP contribution < -0.4 is 0 Å².